The molecular formula is C10H14N4O2. The molecule has 1 saturated heterocycles. The minimum Gasteiger partial charge on any atom is -0.369 e. The van der Waals surface area contributed by atoms with E-state index >= 15 is 0 Å². The normalized spacial score (nSPS) is 17.4. The quantitative estimate of drug-likeness (QED) is 0.728. The highest BCUT2D eigenvalue weighted by molar-refractivity contribution is 5.79. The predicted octanol–water partition coefficient (Wildman–Crippen LogP) is 0.0485. The van der Waals surface area contributed by atoms with Crippen molar-refractivity contribution in [1.82, 2.24) is 14.5 Å². The van der Waals surface area contributed by atoms with Crippen molar-refractivity contribution in [2.24, 2.45) is 11.7 Å². The molecule has 2 N–H and O–H groups in total. The molecule has 0 aromatic carbocycles. The number of aromatic nitrogens is 2. The highest BCUT2D eigenvalue weighted by Gasteiger charge is 2.26. The standard InChI is InChI=1S/C10H14N4O2/c11-9(15)8-1-4-13(5-2-8)10(16)14-6-3-12-7-14/h3,6-8H,1-2,4-5H2,(H2,11,15). The average Bonchev–Trinajstić information content (AvgIpc) is 2.81. The van der Waals surface area contributed by atoms with Crippen molar-refractivity contribution in [2.75, 3.05) is 13.1 Å². The number of carbonyl (C=O) groups excluding carboxylic acids is 2. The maximum atomic E-state index is 11.9. The van der Waals surface area contributed by atoms with Crippen molar-refractivity contribution in [2.45, 2.75) is 12.8 Å². The first-order chi connectivity index (χ1) is 7.68. The van der Waals surface area contributed by atoms with Gasteiger partial charge in [-0.3, -0.25) is 9.36 Å². The van der Waals surface area contributed by atoms with E-state index in [1.54, 1.807) is 17.3 Å². The van der Waals surface area contributed by atoms with Crippen molar-refractivity contribution in [3.05, 3.63) is 18.7 Å². The molecule has 0 aliphatic carbocycles. The molecule has 0 radical (unpaired) electrons. The summed E-state index contributed by atoms with van der Waals surface area (Å²) in [5.41, 5.74) is 5.23. The van der Waals surface area contributed by atoms with Gasteiger partial charge in [0.05, 0.1) is 0 Å². The van der Waals surface area contributed by atoms with Gasteiger partial charge < -0.3 is 10.6 Å². The first kappa shape index (κ1) is 10.7. The van der Waals surface area contributed by atoms with Crippen LogP contribution >= 0.6 is 0 Å². The highest BCUT2D eigenvalue weighted by atomic mass is 16.2. The van der Waals surface area contributed by atoms with Crippen molar-refractivity contribution in [3.8, 4) is 0 Å². The van der Waals surface area contributed by atoms with Gasteiger partial charge in [-0.2, -0.15) is 0 Å². The lowest BCUT2D eigenvalue weighted by Gasteiger charge is -2.30. The van der Waals surface area contributed by atoms with E-state index in [2.05, 4.69) is 4.98 Å². The molecule has 0 spiro atoms. The summed E-state index contributed by atoms with van der Waals surface area (Å²) in [4.78, 5) is 28.4. The van der Waals surface area contributed by atoms with Gasteiger partial charge in [0.25, 0.3) is 0 Å². The highest BCUT2D eigenvalue weighted by Crippen LogP contribution is 2.17. The second-order valence-corrected chi connectivity index (χ2v) is 3.92. The fourth-order valence-electron chi connectivity index (χ4n) is 1.89. The number of hydrogen-bond donors (Lipinski definition) is 1. The number of nitrogens with two attached hydrogens (primary N) is 1. The fourth-order valence-corrected chi connectivity index (χ4v) is 1.89. The van der Waals surface area contributed by atoms with Gasteiger partial charge >= 0.3 is 6.03 Å². The smallest absolute Gasteiger partial charge is 0.329 e. The predicted molar refractivity (Wildman–Crippen MR) is 56.5 cm³/mol. The van der Waals surface area contributed by atoms with Crippen molar-refractivity contribution in [3.63, 3.8) is 0 Å². The monoisotopic (exact) mass is 222 g/mol. The fraction of sp³-hybridized carbons (Fsp3) is 0.500. The molecule has 2 amide bonds. The van der Waals surface area contributed by atoms with E-state index < -0.39 is 0 Å². The van der Waals surface area contributed by atoms with E-state index in [-0.39, 0.29) is 17.9 Å². The molecule has 1 aliphatic rings. The Kier molecular flexibility index (Phi) is 2.89. The van der Waals surface area contributed by atoms with Gasteiger partial charge in [-0.05, 0) is 12.8 Å². The zero-order valence-corrected chi connectivity index (χ0v) is 8.87. The van der Waals surface area contributed by atoms with Gasteiger partial charge in [-0.15, -0.1) is 0 Å². The van der Waals surface area contributed by atoms with Crippen LogP contribution in [0.15, 0.2) is 18.7 Å². The maximum absolute atomic E-state index is 11.9. The van der Waals surface area contributed by atoms with Crippen LogP contribution in [0.5, 0.6) is 0 Å². The minimum atomic E-state index is -0.269. The van der Waals surface area contributed by atoms with Gasteiger partial charge in [0.1, 0.15) is 6.33 Å². The summed E-state index contributed by atoms with van der Waals surface area (Å²) in [6.07, 6.45) is 5.95. The number of imidazole rings is 1. The molecule has 2 heterocycles. The number of rotatable bonds is 1. The Morgan fingerprint density at radius 3 is 2.50 bits per heavy atom. The van der Waals surface area contributed by atoms with Gasteiger partial charge in [0, 0.05) is 31.4 Å². The number of primary amides is 1. The van der Waals surface area contributed by atoms with E-state index in [1.165, 1.54) is 10.9 Å². The molecule has 2 rings (SSSR count). The van der Waals surface area contributed by atoms with Crippen LogP contribution in [0.1, 0.15) is 12.8 Å². The Morgan fingerprint density at radius 1 is 1.31 bits per heavy atom. The summed E-state index contributed by atoms with van der Waals surface area (Å²) in [6, 6.07) is -0.0968. The van der Waals surface area contributed by atoms with Crippen molar-refractivity contribution < 1.29 is 9.59 Å². The lowest BCUT2D eigenvalue weighted by molar-refractivity contribution is -0.122. The zero-order chi connectivity index (χ0) is 11.5. The topological polar surface area (TPSA) is 81.2 Å². The Labute approximate surface area is 93.0 Å². The molecule has 1 aromatic heterocycles. The lowest BCUT2D eigenvalue weighted by Crippen LogP contribution is -2.43. The third-order valence-electron chi connectivity index (χ3n) is 2.89. The molecule has 6 heteroatoms. The molecule has 0 saturated carbocycles. The van der Waals surface area contributed by atoms with Gasteiger partial charge in [-0.25, -0.2) is 9.78 Å². The van der Waals surface area contributed by atoms with Crippen LogP contribution in [0.2, 0.25) is 0 Å². The summed E-state index contributed by atoms with van der Waals surface area (Å²) < 4.78 is 1.44. The third kappa shape index (κ3) is 2.05. The third-order valence-corrected chi connectivity index (χ3v) is 2.89. The van der Waals surface area contributed by atoms with Gasteiger partial charge in [0.2, 0.25) is 5.91 Å². The number of piperidine rings is 1. The molecule has 0 unspecified atom stereocenters. The van der Waals surface area contributed by atoms with E-state index in [0.29, 0.717) is 25.9 Å². The van der Waals surface area contributed by atoms with Crippen LogP contribution < -0.4 is 5.73 Å². The molecule has 6 nitrogen and oxygen atoms in total. The molecule has 0 bridgehead atoms. The summed E-state index contributed by atoms with van der Waals surface area (Å²) in [5.74, 6) is -0.360. The molecular weight excluding hydrogens is 208 g/mol. The van der Waals surface area contributed by atoms with E-state index in [1.807, 2.05) is 0 Å². The van der Waals surface area contributed by atoms with Crippen LogP contribution in [0.4, 0.5) is 4.79 Å². The van der Waals surface area contributed by atoms with Crippen LogP contribution in [-0.2, 0) is 4.79 Å². The largest absolute Gasteiger partial charge is 0.369 e. The second kappa shape index (κ2) is 4.34. The summed E-state index contributed by atoms with van der Waals surface area (Å²) in [7, 11) is 0. The Balaban J connectivity index is 1.94. The van der Waals surface area contributed by atoms with Crippen LogP contribution in [0.25, 0.3) is 0 Å². The summed E-state index contributed by atoms with van der Waals surface area (Å²) >= 11 is 0. The number of carbonyl (C=O) groups is 2. The van der Waals surface area contributed by atoms with E-state index in [4.69, 9.17) is 5.73 Å². The average molecular weight is 222 g/mol. The number of likely N-dealkylation sites (tertiary alicyclic amines) is 1. The maximum Gasteiger partial charge on any atom is 0.329 e. The van der Waals surface area contributed by atoms with Gasteiger partial charge in [0.15, 0.2) is 0 Å². The van der Waals surface area contributed by atoms with Crippen molar-refractivity contribution in [1.29, 1.82) is 0 Å². The number of amides is 2. The molecule has 86 valence electrons. The number of nitrogens with zero attached hydrogens (tertiary/aromatic N) is 3. The molecule has 16 heavy (non-hydrogen) atoms. The molecule has 1 aliphatic heterocycles. The zero-order valence-electron chi connectivity index (χ0n) is 8.87. The van der Waals surface area contributed by atoms with Crippen LogP contribution in [-0.4, -0.2) is 39.5 Å². The van der Waals surface area contributed by atoms with Gasteiger partial charge in [-0.1, -0.05) is 0 Å². The SMILES string of the molecule is NC(=O)C1CCN(C(=O)n2ccnc2)CC1. The summed E-state index contributed by atoms with van der Waals surface area (Å²) in [5, 5.41) is 0. The Bertz CT molecular complexity index is 380. The van der Waals surface area contributed by atoms with E-state index in [9.17, 15) is 9.59 Å². The first-order valence-corrected chi connectivity index (χ1v) is 5.25. The first-order valence-electron chi connectivity index (χ1n) is 5.25. The Morgan fingerprint density at radius 2 is 2.00 bits per heavy atom. The van der Waals surface area contributed by atoms with Crippen LogP contribution in [0, 0.1) is 5.92 Å². The molecule has 1 aromatic rings. The second-order valence-electron chi connectivity index (χ2n) is 3.92. The van der Waals surface area contributed by atoms with Crippen molar-refractivity contribution >= 4 is 11.9 Å². The number of hydrogen-bond acceptors (Lipinski definition) is 3. The molecule has 1 fully saturated rings. The summed E-state index contributed by atoms with van der Waals surface area (Å²) in [6.45, 7) is 1.15. The van der Waals surface area contributed by atoms with Crippen LogP contribution in [0.3, 0.4) is 0 Å². The molecule has 0 atom stereocenters. The lowest BCUT2D eigenvalue weighted by atomic mass is 9.96. The van der Waals surface area contributed by atoms with E-state index in [0.717, 1.165) is 0 Å². The Hall–Kier alpha value is -1.85. The minimum absolute atomic E-state index is 0.0909.